The highest BCUT2D eigenvalue weighted by Crippen LogP contribution is 2.19. The topological polar surface area (TPSA) is 26.3 Å². The third kappa shape index (κ3) is 5.05. The Morgan fingerprint density at radius 1 is 0.920 bits per heavy atom. The van der Waals surface area contributed by atoms with Gasteiger partial charge in [-0.3, -0.25) is 0 Å². The number of fused-ring (bicyclic) bond motifs is 1. The van der Waals surface area contributed by atoms with E-state index in [4.69, 9.17) is 4.74 Å². The molecule has 0 aromatic heterocycles. The highest BCUT2D eigenvalue weighted by Gasteiger charge is 2.24. The number of likely N-dealkylation sites (N-methyl/N-ethyl adjacent to an activating group) is 1. The molecule has 0 amide bonds. The van der Waals surface area contributed by atoms with Gasteiger partial charge in [-0.05, 0) is 36.6 Å². The van der Waals surface area contributed by atoms with E-state index in [0.717, 1.165) is 41.3 Å². The number of quaternary nitrogens is 1. The number of benzene rings is 2. The highest BCUT2D eigenvalue weighted by molar-refractivity contribution is 6.04. The molecule has 2 aromatic rings. The molecule has 0 radical (unpaired) electrons. The van der Waals surface area contributed by atoms with Gasteiger partial charge in [0.15, 0.2) is 0 Å². The quantitative estimate of drug-likeness (QED) is 0.446. The predicted molar refractivity (Wildman–Crippen MR) is 105 cm³/mol. The van der Waals surface area contributed by atoms with Crippen molar-refractivity contribution in [2.24, 2.45) is 0 Å². The van der Waals surface area contributed by atoms with Crippen LogP contribution < -0.4 is 0 Å². The fourth-order valence-electron chi connectivity index (χ4n) is 3.59. The Labute approximate surface area is 152 Å². The number of hydrogen-bond donors (Lipinski definition) is 0. The van der Waals surface area contributed by atoms with E-state index in [2.05, 4.69) is 20.8 Å². The summed E-state index contributed by atoms with van der Waals surface area (Å²) >= 11 is 0. The van der Waals surface area contributed by atoms with Crippen molar-refractivity contribution in [3.63, 3.8) is 0 Å². The molecule has 1 unspecified atom stereocenters. The van der Waals surface area contributed by atoms with Crippen molar-refractivity contribution in [1.82, 2.24) is 0 Å². The monoisotopic (exact) mass is 342 g/mol. The summed E-state index contributed by atoms with van der Waals surface area (Å²) in [6.45, 7) is 11.5. The molecule has 25 heavy (non-hydrogen) atoms. The first kappa shape index (κ1) is 19.5. The van der Waals surface area contributed by atoms with E-state index in [1.807, 2.05) is 42.5 Å². The molecule has 0 aliphatic rings. The third-order valence-corrected chi connectivity index (χ3v) is 5.16. The van der Waals surface area contributed by atoms with Crippen molar-refractivity contribution in [2.75, 3.05) is 32.8 Å². The van der Waals surface area contributed by atoms with Gasteiger partial charge in [0.1, 0.15) is 13.2 Å². The standard InChI is InChI=1S/C22H32NO2/c1-4-7-16-23(6-3,15-5-2)17-18-25-22(24)21-14-10-12-19-11-8-9-13-20(19)21/h8-14H,4-7,15-18H2,1-3H3/q+1. The molecule has 2 rings (SSSR count). The van der Waals surface area contributed by atoms with Crippen LogP contribution in [0, 0.1) is 0 Å². The van der Waals surface area contributed by atoms with E-state index in [9.17, 15) is 4.79 Å². The van der Waals surface area contributed by atoms with Gasteiger partial charge in [-0.1, -0.05) is 56.7 Å². The summed E-state index contributed by atoms with van der Waals surface area (Å²) in [6.07, 6.45) is 3.60. The highest BCUT2D eigenvalue weighted by atomic mass is 16.5. The molecule has 0 heterocycles. The van der Waals surface area contributed by atoms with Crippen LogP contribution >= 0.6 is 0 Å². The molecule has 0 bridgehead atoms. The van der Waals surface area contributed by atoms with E-state index in [0.29, 0.717) is 12.2 Å². The second-order valence-electron chi connectivity index (χ2n) is 6.84. The first-order chi connectivity index (χ1) is 12.2. The molecule has 0 saturated heterocycles. The molecule has 0 aliphatic heterocycles. The Morgan fingerprint density at radius 3 is 2.40 bits per heavy atom. The number of carbonyl (C=O) groups excluding carboxylic acids is 1. The van der Waals surface area contributed by atoms with E-state index in [-0.39, 0.29) is 5.97 Å². The number of hydrogen-bond acceptors (Lipinski definition) is 2. The van der Waals surface area contributed by atoms with Gasteiger partial charge in [0.25, 0.3) is 0 Å². The summed E-state index contributed by atoms with van der Waals surface area (Å²) in [5, 5.41) is 2.04. The second-order valence-corrected chi connectivity index (χ2v) is 6.84. The number of rotatable bonds is 10. The zero-order valence-corrected chi connectivity index (χ0v) is 16.0. The second kappa shape index (κ2) is 9.57. The van der Waals surface area contributed by atoms with Crippen LogP contribution in [0.3, 0.4) is 0 Å². The van der Waals surface area contributed by atoms with E-state index >= 15 is 0 Å². The molecule has 0 N–H and O–H groups in total. The lowest BCUT2D eigenvalue weighted by molar-refractivity contribution is -0.926. The molecular weight excluding hydrogens is 310 g/mol. The van der Waals surface area contributed by atoms with Crippen LogP contribution in [-0.2, 0) is 4.74 Å². The fourth-order valence-corrected chi connectivity index (χ4v) is 3.59. The number of ether oxygens (including phenoxy) is 1. The molecular formula is C22H32NO2+. The van der Waals surface area contributed by atoms with Gasteiger partial charge in [-0.15, -0.1) is 0 Å². The van der Waals surface area contributed by atoms with Crippen LogP contribution in [0.1, 0.15) is 50.4 Å². The number of esters is 1. The van der Waals surface area contributed by atoms with Gasteiger partial charge in [-0.2, -0.15) is 0 Å². The van der Waals surface area contributed by atoms with Crippen LogP contribution in [0.4, 0.5) is 0 Å². The maximum absolute atomic E-state index is 12.6. The van der Waals surface area contributed by atoms with Crippen molar-refractivity contribution in [3.05, 3.63) is 48.0 Å². The molecule has 0 aliphatic carbocycles. The van der Waals surface area contributed by atoms with Crippen LogP contribution in [0.15, 0.2) is 42.5 Å². The Morgan fingerprint density at radius 2 is 1.68 bits per heavy atom. The third-order valence-electron chi connectivity index (χ3n) is 5.16. The van der Waals surface area contributed by atoms with Crippen molar-refractivity contribution in [1.29, 1.82) is 0 Å². The normalized spacial score (nSPS) is 13.6. The molecule has 0 spiro atoms. The number of nitrogens with zero attached hydrogens (tertiary/aromatic N) is 1. The van der Waals surface area contributed by atoms with Gasteiger partial charge in [-0.25, -0.2) is 4.79 Å². The SMILES string of the molecule is CCCC[N+](CC)(CCC)CCOC(=O)c1cccc2ccccc12. The average molecular weight is 343 g/mol. The van der Waals surface area contributed by atoms with E-state index in [1.165, 1.54) is 19.4 Å². The van der Waals surface area contributed by atoms with Gasteiger partial charge in [0.05, 0.1) is 25.2 Å². The van der Waals surface area contributed by atoms with Crippen molar-refractivity contribution < 1.29 is 14.0 Å². The fraction of sp³-hybridized carbons (Fsp3) is 0.500. The average Bonchev–Trinajstić information content (AvgIpc) is 2.65. The van der Waals surface area contributed by atoms with Crippen LogP contribution in [0.2, 0.25) is 0 Å². The number of carbonyl (C=O) groups is 1. The summed E-state index contributed by atoms with van der Waals surface area (Å²) in [4.78, 5) is 12.6. The molecule has 136 valence electrons. The van der Waals surface area contributed by atoms with Crippen LogP contribution in [0.25, 0.3) is 10.8 Å². The maximum Gasteiger partial charge on any atom is 0.338 e. The minimum absolute atomic E-state index is 0.210. The predicted octanol–water partition coefficient (Wildman–Crippen LogP) is 5.04. The lowest BCUT2D eigenvalue weighted by atomic mass is 10.1. The van der Waals surface area contributed by atoms with Crippen molar-refractivity contribution in [2.45, 2.75) is 40.0 Å². The van der Waals surface area contributed by atoms with Gasteiger partial charge in [0.2, 0.25) is 0 Å². The number of unbranched alkanes of at least 4 members (excludes halogenated alkanes) is 1. The smallest absolute Gasteiger partial charge is 0.338 e. The van der Waals surface area contributed by atoms with Gasteiger partial charge >= 0.3 is 5.97 Å². The minimum atomic E-state index is -0.210. The summed E-state index contributed by atoms with van der Waals surface area (Å²) in [7, 11) is 0. The summed E-state index contributed by atoms with van der Waals surface area (Å²) in [5.41, 5.74) is 0.664. The van der Waals surface area contributed by atoms with Crippen molar-refractivity contribution in [3.8, 4) is 0 Å². The summed E-state index contributed by atoms with van der Waals surface area (Å²) < 4.78 is 6.71. The molecule has 3 heteroatoms. The van der Waals surface area contributed by atoms with Crippen LogP contribution in [-0.4, -0.2) is 43.2 Å². The van der Waals surface area contributed by atoms with Crippen molar-refractivity contribution >= 4 is 16.7 Å². The Bertz CT molecular complexity index is 677. The lowest BCUT2D eigenvalue weighted by Gasteiger charge is -2.37. The first-order valence-corrected chi connectivity index (χ1v) is 9.65. The molecule has 0 fully saturated rings. The Kier molecular flexibility index (Phi) is 7.45. The molecule has 0 saturated carbocycles. The Balaban J connectivity index is 2.02. The largest absolute Gasteiger partial charge is 0.456 e. The first-order valence-electron chi connectivity index (χ1n) is 9.65. The summed E-state index contributed by atoms with van der Waals surface area (Å²) in [5.74, 6) is -0.210. The molecule has 2 aromatic carbocycles. The zero-order valence-electron chi connectivity index (χ0n) is 16.0. The van der Waals surface area contributed by atoms with Crippen LogP contribution in [0.5, 0.6) is 0 Å². The molecule has 3 nitrogen and oxygen atoms in total. The maximum atomic E-state index is 12.6. The Hall–Kier alpha value is -1.87. The van der Waals surface area contributed by atoms with Gasteiger partial charge < -0.3 is 9.22 Å². The van der Waals surface area contributed by atoms with E-state index in [1.54, 1.807) is 0 Å². The van der Waals surface area contributed by atoms with E-state index < -0.39 is 0 Å². The van der Waals surface area contributed by atoms with Gasteiger partial charge in [0, 0.05) is 0 Å². The lowest BCUT2D eigenvalue weighted by Crippen LogP contribution is -2.51. The minimum Gasteiger partial charge on any atom is -0.456 e. The molecule has 1 atom stereocenters. The zero-order chi connectivity index (χ0) is 18.1. The summed E-state index contributed by atoms with van der Waals surface area (Å²) in [6, 6.07) is 13.8.